The third-order valence-electron chi connectivity index (χ3n) is 5.13. The van der Waals surface area contributed by atoms with Crippen molar-refractivity contribution >= 4 is 16.7 Å². The molecule has 0 atom stereocenters. The SMILES string of the molecule is O=C(Oc1cccc2ccccc12)C12CCC(CC1)C2. The van der Waals surface area contributed by atoms with Gasteiger partial charge in [0.2, 0.25) is 0 Å². The van der Waals surface area contributed by atoms with E-state index in [0.717, 1.165) is 36.0 Å². The average Bonchev–Trinajstić information content (AvgIpc) is 3.10. The molecule has 0 radical (unpaired) electrons. The molecule has 2 fully saturated rings. The highest BCUT2D eigenvalue weighted by atomic mass is 16.5. The molecule has 4 rings (SSSR count). The molecule has 2 aliphatic carbocycles. The molecule has 0 saturated heterocycles. The maximum Gasteiger partial charge on any atom is 0.317 e. The molecule has 20 heavy (non-hydrogen) atoms. The molecule has 2 aliphatic rings. The van der Waals surface area contributed by atoms with Crippen LogP contribution in [0, 0.1) is 11.3 Å². The Morgan fingerprint density at radius 2 is 1.80 bits per heavy atom. The van der Waals surface area contributed by atoms with E-state index < -0.39 is 0 Å². The lowest BCUT2D eigenvalue weighted by molar-refractivity contribution is -0.145. The summed E-state index contributed by atoms with van der Waals surface area (Å²) in [5, 5.41) is 2.14. The van der Waals surface area contributed by atoms with Crippen molar-refractivity contribution in [2.24, 2.45) is 11.3 Å². The fourth-order valence-electron chi connectivity index (χ4n) is 3.97. The number of hydrogen-bond donors (Lipinski definition) is 0. The zero-order valence-corrected chi connectivity index (χ0v) is 11.5. The summed E-state index contributed by atoms with van der Waals surface area (Å²) < 4.78 is 5.79. The summed E-state index contributed by atoms with van der Waals surface area (Å²) in [7, 11) is 0. The highest BCUT2D eigenvalue weighted by molar-refractivity contribution is 5.91. The van der Waals surface area contributed by atoms with Gasteiger partial charge in [-0.15, -0.1) is 0 Å². The Kier molecular flexibility index (Phi) is 2.59. The molecule has 2 nitrogen and oxygen atoms in total. The van der Waals surface area contributed by atoms with Gasteiger partial charge in [-0.25, -0.2) is 0 Å². The molecular formula is C18H18O2. The van der Waals surface area contributed by atoms with Crippen LogP contribution in [-0.2, 0) is 4.79 Å². The van der Waals surface area contributed by atoms with E-state index in [0.29, 0.717) is 5.75 Å². The van der Waals surface area contributed by atoms with Crippen LogP contribution in [-0.4, -0.2) is 5.97 Å². The Morgan fingerprint density at radius 3 is 2.55 bits per heavy atom. The maximum absolute atomic E-state index is 12.6. The summed E-state index contributed by atoms with van der Waals surface area (Å²) in [6, 6.07) is 14.0. The molecule has 0 amide bonds. The minimum Gasteiger partial charge on any atom is -0.425 e. The first-order valence-electron chi connectivity index (χ1n) is 7.47. The zero-order chi connectivity index (χ0) is 13.6. The van der Waals surface area contributed by atoms with Crippen LogP contribution >= 0.6 is 0 Å². The van der Waals surface area contributed by atoms with Crippen molar-refractivity contribution in [1.29, 1.82) is 0 Å². The number of rotatable bonds is 2. The van der Waals surface area contributed by atoms with Crippen molar-refractivity contribution in [2.45, 2.75) is 32.1 Å². The Balaban J connectivity index is 1.66. The van der Waals surface area contributed by atoms with Gasteiger partial charge in [0, 0.05) is 5.39 Å². The molecule has 2 aromatic carbocycles. The highest BCUT2D eigenvalue weighted by Crippen LogP contribution is 2.54. The van der Waals surface area contributed by atoms with Crippen LogP contribution in [0.1, 0.15) is 32.1 Å². The van der Waals surface area contributed by atoms with E-state index >= 15 is 0 Å². The molecule has 102 valence electrons. The van der Waals surface area contributed by atoms with Crippen LogP contribution in [0.25, 0.3) is 10.8 Å². The van der Waals surface area contributed by atoms with Gasteiger partial charge in [0.1, 0.15) is 5.75 Å². The third kappa shape index (κ3) is 1.75. The number of carbonyl (C=O) groups is 1. The number of fused-ring (bicyclic) bond motifs is 3. The lowest BCUT2D eigenvalue weighted by atomic mass is 9.84. The van der Waals surface area contributed by atoms with Gasteiger partial charge in [0.15, 0.2) is 0 Å². The molecule has 0 aromatic heterocycles. The van der Waals surface area contributed by atoms with E-state index in [1.165, 1.54) is 12.8 Å². The normalized spacial score (nSPS) is 27.9. The van der Waals surface area contributed by atoms with E-state index in [1.807, 2.05) is 42.5 Å². The summed E-state index contributed by atoms with van der Waals surface area (Å²) in [4.78, 5) is 12.6. The van der Waals surface area contributed by atoms with Crippen molar-refractivity contribution in [3.63, 3.8) is 0 Å². The first-order chi connectivity index (χ1) is 9.77. The molecule has 2 saturated carbocycles. The van der Waals surface area contributed by atoms with Gasteiger partial charge < -0.3 is 4.74 Å². The minimum absolute atomic E-state index is 0.00569. The quantitative estimate of drug-likeness (QED) is 0.597. The Morgan fingerprint density at radius 1 is 1.05 bits per heavy atom. The van der Waals surface area contributed by atoms with Gasteiger partial charge in [0.25, 0.3) is 0 Å². The lowest BCUT2D eigenvalue weighted by Gasteiger charge is -2.24. The third-order valence-corrected chi connectivity index (χ3v) is 5.13. The molecule has 0 N–H and O–H groups in total. The monoisotopic (exact) mass is 266 g/mol. The van der Waals surface area contributed by atoms with E-state index in [2.05, 4.69) is 0 Å². The second kappa shape index (κ2) is 4.34. The van der Waals surface area contributed by atoms with Gasteiger partial charge in [-0.2, -0.15) is 0 Å². The smallest absolute Gasteiger partial charge is 0.317 e. The molecule has 0 aliphatic heterocycles. The van der Waals surface area contributed by atoms with Crippen LogP contribution < -0.4 is 4.74 Å². The van der Waals surface area contributed by atoms with E-state index in [1.54, 1.807) is 0 Å². The Labute approximate surface area is 118 Å². The first-order valence-corrected chi connectivity index (χ1v) is 7.47. The topological polar surface area (TPSA) is 26.3 Å². The summed E-state index contributed by atoms with van der Waals surface area (Å²) in [6.07, 6.45) is 5.47. The molecule has 2 aromatic rings. The molecule has 2 heteroatoms. The van der Waals surface area contributed by atoms with Gasteiger partial charge >= 0.3 is 5.97 Å². The fraction of sp³-hybridized carbons (Fsp3) is 0.389. The van der Waals surface area contributed by atoms with Crippen LogP contribution in [0.15, 0.2) is 42.5 Å². The van der Waals surface area contributed by atoms with Crippen molar-refractivity contribution in [3.8, 4) is 5.75 Å². The van der Waals surface area contributed by atoms with Crippen molar-refractivity contribution in [1.82, 2.24) is 0 Å². The van der Waals surface area contributed by atoms with Gasteiger partial charge in [-0.05, 0) is 49.5 Å². The van der Waals surface area contributed by atoms with E-state index in [4.69, 9.17) is 4.74 Å². The van der Waals surface area contributed by atoms with Gasteiger partial charge in [-0.1, -0.05) is 36.4 Å². The Bertz CT molecular complexity index is 661. The van der Waals surface area contributed by atoms with Crippen molar-refractivity contribution in [2.75, 3.05) is 0 Å². The molecule has 2 bridgehead atoms. The maximum atomic E-state index is 12.6. The molecular weight excluding hydrogens is 248 g/mol. The van der Waals surface area contributed by atoms with Gasteiger partial charge in [-0.3, -0.25) is 4.79 Å². The van der Waals surface area contributed by atoms with E-state index in [-0.39, 0.29) is 11.4 Å². The average molecular weight is 266 g/mol. The molecule has 0 heterocycles. The predicted molar refractivity (Wildman–Crippen MR) is 78.6 cm³/mol. The largest absolute Gasteiger partial charge is 0.425 e. The number of ether oxygens (including phenoxy) is 1. The van der Waals surface area contributed by atoms with Crippen LogP contribution in [0.4, 0.5) is 0 Å². The number of carbonyl (C=O) groups excluding carboxylic acids is 1. The van der Waals surface area contributed by atoms with Crippen LogP contribution in [0.5, 0.6) is 5.75 Å². The minimum atomic E-state index is -0.179. The highest BCUT2D eigenvalue weighted by Gasteiger charge is 2.51. The Hall–Kier alpha value is -1.83. The second-order valence-corrected chi connectivity index (χ2v) is 6.29. The van der Waals surface area contributed by atoms with Crippen LogP contribution in [0.2, 0.25) is 0 Å². The van der Waals surface area contributed by atoms with E-state index in [9.17, 15) is 4.79 Å². The zero-order valence-electron chi connectivity index (χ0n) is 11.5. The fourth-order valence-corrected chi connectivity index (χ4v) is 3.97. The second-order valence-electron chi connectivity index (χ2n) is 6.29. The van der Waals surface area contributed by atoms with Crippen LogP contribution in [0.3, 0.4) is 0 Å². The molecule has 0 unspecified atom stereocenters. The predicted octanol–water partition coefficient (Wildman–Crippen LogP) is 4.33. The number of hydrogen-bond acceptors (Lipinski definition) is 2. The van der Waals surface area contributed by atoms with Gasteiger partial charge in [0.05, 0.1) is 5.41 Å². The summed E-state index contributed by atoms with van der Waals surface area (Å²) in [6.45, 7) is 0. The first kappa shape index (κ1) is 12.0. The summed E-state index contributed by atoms with van der Waals surface area (Å²) in [5.74, 6) is 1.46. The summed E-state index contributed by atoms with van der Waals surface area (Å²) >= 11 is 0. The number of esters is 1. The number of benzene rings is 2. The molecule has 0 spiro atoms. The lowest BCUT2D eigenvalue weighted by Crippen LogP contribution is -2.30. The summed E-state index contributed by atoms with van der Waals surface area (Å²) in [5.41, 5.74) is -0.179. The standard InChI is InChI=1S/C18H18O2/c19-17(18-10-8-13(12-18)9-11-18)20-16-7-3-5-14-4-1-2-6-15(14)16/h1-7,13H,8-12H2. The van der Waals surface area contributed by atoms with Crippen molar-refractivity contribution in [3.05, 3.63) is 42.5 Å². The van der Waals surface area contributed by atoms with Crippen molar-refractivity contribution < 1.29 is 9.53 Å².